The molecule has 0 saturated heterocycles. The molecule has 2 N–H and O–H groups in total. The molecule has 0 aromatic carbocycles. The number of aromatic nitrogens is 1. The van der Waals surface area contributed by atoms with E-state index in [0.717, 1.165) is 11.4 Å². The van der Waals surface area contributed by atoms with Gasteiger partial charge in [0.15, 0.2) is 0 Å². The molecule has 2 nitrogen and oxygen atoms in total. The lowest BCUT2D eigenvalue weighted by Gasteiger charge is -1.96. The van der Waals surface area contributed by atoms with E-state index in [1.54, 1.807) is 4.68 Å². The van der Waals surface area contributed by atoms with Gasteiger partial charge in [0, 0.05) is 11.4 Å². The molecular weight excluding hydrogens is 100 g/mol. The van der Waals surface area contributed by atoms with Crippen molar-refractivity contribution < 1.29 is 0 Å². The number of nitrogens with zero attached hydrogens (tertiary/aromatic N) is 1. The van der Waals surface area contributed by atoms with Gasteiger partial charge in [-0.3, -0.25) is 4.68 Å². The standard InChI is InChI=1S/C6H10N2/c1-5-3-4-6(2)8(5)7/h3-4H,7H2,1-2H3. The molecule has 0 aliphatic rings. The first-order valence-electron chi connectivity index (χ1n) is 2.62. The summed E-state index contributed by atoms with van der Waals surface area (Å²) in [5.74, 6) is 5.52. The molecule has 1 aromatic rings. The molecule has 1 aromatic heterocycles. The fraction of sp³-hybridized carbons (Fsp3) is 0.333. The molecule has 0 radical (unpaired) electrons. The third kappa shape index (κ3) is 0.579. The second kappa shape index (κ2) is 1.54. The normalized spacial score (nSPS) is 9.75. The van der Waals surface area contributed by atoms with Crippen molar-refractivity contribution in [3.05, 3.63) is 23.5 Å². The molecule has 0 unspecified atom stereocenters. The maximum Gasteiger partial charge on any atom is 0.0364 e. The van der Waals surface area contributed by atoms with Crippen molar-refractivity contribution in [2.45, 2.75) is 13.8 Å². The summed E-state index contributed by atoms with van der Waals surface area (Å²) >= 11 is 0. The van der Waals surface area contributed by atoms with E-state index in [0.29, 0.717) is 0 Å². The van der Waals surface area contributed by atoms with E-state index in [-0.39, 0.29) is 0 Å². The van der Waals surface area contributed by atoms with Crippen LogP contribution in [0.25, 0.3) is 0 Å². The van der Waals surface area contributed by atoms with Crippen LogP contribution < -0.4 is 5.84 Å². The zero-order valence-electron chi connectivity index (χ0n) is 5.18. The van der Waals surface area contributed by atoms with Gasteiger partial charge in [-0.1, -0.05) is 0 Å². The first kappa shape index (κ1) is 5.22. The summed E-state index contributed by atoms with van der Waals surface area (Å²) in [5.41, 5.74) is 2.20. The van der Waals surface area contributed by atoms with Gasteiger partial charge < -0.3 is 5.84 Å². The lowest BCUT2D eigenvalue weighted by molar-refractivity contribution is 0.916. The van der Waals surface area contributed by atoms with Crippen molar-refractivity contribution in [2.24, 2.45) is 0 Å². The second-order valence-corrected chi connectivity index (χ2v) is 1.99. The molecule has 0 amide bonds. The number of rotatable bonds is 0. The maximum absolute atomic E-state index is 5.52. The molecule has 0 saturated carbocycles. The zero-order valence-corrected chi connectivity index (χ0v) is 5.18. The average Bonchev–Trinajstić information content (AvgIpc) is 1.98. The van der Waals surface area contributed by atoms with E-state index in [1.165, 1.54) is 0 Å². The minimum Gasteiger partial charge on any atom is -0.339 e. The van der Waals surface area contributed by atoms with Crippen molar-refractivity contribution in [3.8, 4) is 0 Å². The highest BCUT2D eigenvalue weighted by Gasteiger charge is 1.91. The lowest BCUT2D eigenvalue weighted by atomic mass is 10.5. The second-order valence-electron chi connectivity index (χ2n) is 1.99. The summed E-state index contributed by atoms with van der Waals surface area (Å²) in [7, 11) is 0. The van der Waals surface area contributed by atoms with Crippen molar-refractivity contribution in [1.29, 1.82) is 0 Å². The molecule has 0 aliphatic carbocycles. The first-order chi connectivity index (χ1) is 3.72. The van der Waals surface area contributed by atoms with Gasteiger partial charge in [0.05, 0.1) is 0 Å². The van der Waals surface area contributed by atoms with E-state index in [9.17, 15) is 0 Å². The van der Waals surface area contributed by atoms with Gasteiger partial charge in [-0.25, -0.2) is 0 Å². The van der Waals surface area contributed by atoms with E-state index < -0.39 is 0 Å². The fourth-order valence-corrected chi connectivity index (χ4v) is 0.680. The summed E-state index contributed by atoms with van der Waals surface area (Å²) in [4.78, 5) is 0. The topological polar surface area (TPSA) is 30.9 Å². The van der Waals surface area contributed by atoms with Crippen molar-refractivity contribution in [3.63, 3.8) is 0 Å². The van der Waals surface area contributed by atoms with Crippen LogP contribution in [0.4, 0.5) is 0 Å². The maximum atomic E-state index is 5.52. The Bertz CT molecular complexity index is 169. The van der Waals surface area contributed by atoms with Gasteiger partial charge in [0.25, 0.3) is 0 Å². The Hall–Kier alpha value is -0.920. The van der Waals surface area contributed by atoms with Crippen molar-refractivity contribution >= 4 is 0 Å². The van der Waals surface area contributed by atoms with E-state index in [1.807, 2.05) is 26.0 Å². The Morgan fingerprint density at radius 1 is 1.25 bits per heavy atom. The summed E-state index contributed by atoms with van der Waals surface area (Å²) in [6.07, 6.45) is 0. The van der Waals surface area contributed by atoms with Crippen LogP contribution in [-0.2, 0) is 0 Å². The van der Waals surface area contributed by atoms with Gasteiger partial charge in [0.2, 0.25) is 0 Å². The molecule has 0 bridgehead atoms. The fourth-order valence-electron chi connectivity index (χ4n) is 0.680. The lowest BCUT2D eigenvalue weighted by Crippen LogP contribution is -2.10. The van der Waals surface area contributed by atoms with E-state index >= 15 is 0 Å². The molecule has 0 spiro atoms. The summed E-state index contributed by atoms with van der Waals surface area (Å²) in [6, 6.07) is 3.99. The Labute approximate surface area is 48.9 Å². The van der Waals surface area contributed by atoms with Gasteiger partial charge >= 0.3 is 0 Å². The SMILES string of the molecule is Cc1ccc(C)n1N. The van der Waals surface area contributed by atoms with Crippen LogP contribution >= 0.6 is 0 Å². The molecule has 0 fully saturated rings. The van der Waals surface area contributed by atoms with Gasteiger partial charge in [-0.2, -0.15) is 0 Å². The summed E-state index contributed by atoms with van der Waals surface area (Å²) in [6.45, 7) is 3.96. The van der Waals surface area contributed by atoms with Gasteiger partial charge in [0.1, 0.15) is 0 Å². The van der Waals surface area contributed by atoms with Crippen molar-refractivity contribution in [2.75, 3.05) is 5.84 Å². The van der Waals surface area contributed by atoms with Crippen LogP contribution in [0.3, 0.4) is 0 Å². The molecule has 0 atom stereocenters. The summed E-state index contributed by atoms with van der Waals surface area (Å²) < 4.78 is 1.67. The van der Waals surface area contributed by atoms with E-state index in [4.69, 9.17) is 5.84 Å². The monoisotopic (exact) mass is 110 g/mol. The molecule has 0 aliphatic heterocycles. The average molecular weight is 110 g/mol. The van der Waals surface area contributed by atoms with Crippen LogP contribution in [0, 0.1) is 13.8 Å². The number of nitrogens with two attached hydrogens (primary N) is 1. The number of hydrogen-bond acceptors (Lipinski definition) is 1. The minimum atomic E-state index is 1.10. The number of nitrogen functional groups attached to an aromatic ring is 1. The number of hydrogen-bond donors (Lipinski definition) is 1. The van der Waals surface area contributed by atoms with Crippen LogP contribution in [-0.4, -0.2) is 4.68 Å². The molecular formula is C6H10N2. The predicted molar refractivity (Wildman–Crippen MR) is 34.1 cm³/mol. The third-order valence-electron chi connectivity index (χ3n) is 1.33. The Morgan fingerprint density at radius 2 is 1.62 bits per heavy atom. The third-order valence-corrected chi connectivity index (χ3v) is 1.33. The van der Waals surface area contributed by atoms with E-state index in [2.05, 4.69) is 0 Å². The Morgan fingerprint density at radius 3 is 1.75 bits per heavy atom. The first-order valence-corrected chi connectivity index (χ1v) is 2.62. The predicted octanol–water partition coefficient (Wildman–Crippen LogP) is 0.819. The Balaban J connectivity index is 3.19. The number of aryl methyl sites for hydroxylation is 2. The molecule has 8 heavy (non-hydrogen) atoms. The van der Waals surface area contributed by atoms with Crippen LogP contribution in [0.5, 0.6) is 0 Å². The highest BCUT2D eigenvalue weighted by atomic mass is 15.3. The quantitative estimate of drug-likeness (QED) is 0.492. The molecule has 1 heterocycles. The van der Waals surface area contributed by atoms with Crippen LogP contribution in [0.15, 0.2) is 12.1 Å². The van der Waals surface area contributed by atoms with Crippen molar-refractivity contribution in [1.82, 2.24) is 4.68 Å². The molecule has 1 rings (SSSR count). The highest BCUT2D eigenvalue weighted by Crippen LogP contribution is 1.99. The van der Waals surface area contributed by atoms with Crippen LogP contribution in [0.2, 0.25) is 0 Å². The Kier molecular flexibility index (Phi) is 1.01. The molecule has 2 heteroatoms. The smallest absolute Gasteiger partial charge is 0.0364 e. The largest absolute Gasteiger partial charge is 0.339 e. The van der Waals surface area contributed by atoms with Gasteiger partial charge in [-0.15, -0.1) is 0 Å². The summed E-state index contributed by atoms with van der Waals surface area (Å²) in [5, 5.41) is 0. The minimum absolute atomic E-state index is 1.10. The van der Waals surface area contributed by atoms with Crippen LogP contribution in [0.1, 0.15) is 11.4 Å². The van der Waals surface area contributed by atoms with Gasteiger partial charge in [-0.05, 0) is 26.0 Å². The highest BCUT2D eigenvalue weighted by molar-refractivity contribution is 5.12. The zero-order chi connectivity index (χ0) is 6.15. The molecule has 44 valence electrons.